The molecule has 2 atom stereocenters. The van der Waals surface area contributed by atoms with Crippen LogP contribution in [0.25, 0.3) is 0 Å². The van der Waals surface area contributed by atoms with Gasteiger partial charge in [0.05, 0.1) is 16.8 Å². The molecule has 30 heavy (non-hydrogen) atoms. The molecule has 2 aromatic carbocycles. The maximum absolute atomic E-state index is 13.2. The Morgan fingerprint density at radius 3 is 2.40 bits per heavy atom. The highest BCUT2D eigenvalue weighted by Crippen LogP contribution is 2.41. The molecule has 2 aromatic rings. The van der Waals surface area contributed by atoms with Crippen molar-refractivity contribution in [2.45, 2.75) is 38.6 Å². The van der Waals surface area contributed by atoms with E-state index < -0.39 is 0 Å². The van der Waals surface area contributed by atoms with Crippen LogP contribution in [0.2, 0.25) is 5.02 Å². The number of amides is 1. The van der Waals surface area contributed by atoms with Gasteiger partial charge in [-0.05, 0) is 65.3 Å². The summed E-state index contributed by atoms with van der Waals surface area (Å²) in [5, 5.41) is 9.37. The number of hydrazine groups is 1. The zero-order valence-electron chi connectivity index (χ0n) is 17.0. The number of benzene rings is 2. The summed E-state index contributed by atoms with van der Waals surface area (Å²) in [4.78, 5) is 13.2. The summed E-state index contributed by atoms with van der Waals surface area (Å²) in [6, 6.07) is 16.0. The van der Waals surface area contributed by atoms with Gasteiger partial charge >= 0.3 is 0 Å². The molecule has 1 N–H and O–H groups in total. The number of hydrogen-bond donors (Lipinski definition) is 1. The Morgan fingerprint density at radius 1 is 1.07 bits per heavy atom. The minimum absolute atomic E-state index is 0.0756. The Labute approximate surface area is 196 Å². The maximum Gasteiger partial charge on any atom is 0.282 e. The number of para-hydroxylation sites is 1. The van der Waals surface area contributed by atoms with Crippen LogP contribution in [0.4, 0.5) is 5.69 Å². The largest absolute Gasteiger partial charge is 0.284 e. The monoisotopic (exact) mass is 536 g/mol. The van der Waals surface area contributed by atoms with Gasteiger partial charge in [0, 0.05) is 22.6 Å². The molecule has 7 heteroatoms. The summed E-state index contributed by atoms with van der Waals surface area (Å²) >= 11 is 8.81. The maximum atomic E-state index is 13.2. The van der Waals surface area contributed by atoms with E-state index in [9.17, 15) is 4.79 Å². The number of hydrogen-bond acceptors (Lipinski definition) is 4. The topological polar surface area (TPSA) is 47.9 Å². The van der Waals surface area contributed by atoms with Crippen LogP contribution in [0.5, 0.6) is 0 Å². The highest BCUT2D eigenvalue weighted by atomic mass is 127. The quantitative estimate of drug-likeness (QED) is 0.532. The van der Waals surface area contributed by atoms with Crippen LogP contribution in [0.3, 0.4) is 0 Å². The van der Waals surface area contributed by atoms with Gasteiger partial charge in [-0.1, -0.05) is 55.6 Å². The van der Waals surface area contributed by atoms with Crippen LogP contribution in [-0.4, -0.2) is 29.7 Å². The van der Waals surface area contributed by atoms with Crippen LogP contribution in [0, 0.1) is 9.49 Å². The van der Waals surface area contributed by atoms with E-state index in [1.807, 2.05) is 34.3 Å². The van der Waals surface area contributed by atoms with Gasteiger partial charge in [0.1, 0.15) is 5.71 Å². The summed E-state index contributed by atoms with van der Waals surface area (Å²) in [6.07, 6.45) is 4.66. The smallest absolute Gasteiger partial charge is 0.282 e. The SMILES string of the molecule is C[C@H]1C(C(=O)NN2CCCCCC2)=NN(c2ccccc2Cl)[C@@H]1c1ccc(I)cc1. The summed E-state index contributed by atoms with van der Waals surface area (Å²) in [5.74, 6) is -0.192. The summed E-state index contributed by atoms with van der Waals surface area (Å²) in [6.45, 7) is 3.85. The Kier molecular flexibility index (Phi) is 6.95. The number of carbonyl (C=O) groups is 1. The molecule has 0 saturated carbocycles. The van der Waals surface area contributed by atoms with Gasteiger partial charge in [0.15, 0.2) is 0 Å². The molecule has 0 radical (unpaired) electrons. The number of anilines is 1. The average Bonchev–Trinajstić information content (AvgIpc) is 2.89. The van der Waals surface area contributed by atoms with E-state index in [2.05, 4.69) is 59.2 Å². The number of nitrogens with one attached hydrogen (secondary N) is 1. The van der Waals surface area contributed by atoms with Crippen molar-refractivity contribution < 1.29 is 4.79 Å². The average molecular weight is 537 g/mol. The molecule has 0 aromatic heterocycles. The fourth-order valence-electron chi connectivity index (χ4n) is 4.20. The number of halogens is 2. The first-order chi connectivity index (χ1) is 14.5. The van der Waals surface area contributed by atoms with Crippen molar-refractivity contribution >= 4 is 51.5 Å². The zero-order valence-corrected chi connectivity index (χ0v) is 19.9. The standard InChI is InChI=1S/C23H26ClIN4O/c1-16-21(23(30)27-28-14-6-2-3-7-15-28)26-29(20-9-5-4-8-19(20)24)22(16)17-10-12-18(25)13-11-17/h4-5,8-13,16,22H,2-3,6-7,14-15H2,1H3,(H,27,30)/t16-,22-/m0/s1. The molecule has 0 spiro atoms. The van der Waals surface area contributed by atoms with E-state index in [-0.39, 0.29) is 17.9 Å². The van der Waals surface area contributed by atoms with Gasteiger partial charge in [0.25, 0.3) is 5.91 Å². The first-order valence-electron chi connectivity index (χ1n) is 10.5. The van der Waals surface area contributed by atoms with E-state index in [0.717, 1.165) is 37.2 Å². The van der Waals surface area contributed by atoms with Crippen LogP contribution in [-0.2, 0) is 4.79 Å². The van der Waals surface area contributed by atoms with Crippen molar-refractivity contribution in [2.75, 3.05) is 18.1 Å². The van der Waals surface area contributed by atoms with Crippen LogP contribution < -0.4 is 10.4 Å². The molecule has 2 aliphatic heterocycles. The Hall–Kier alpha value is -1.64. The number of hydrazone groups is 1. The van der Waals surface area contributed by atoms with Crippen molar-refractivity contribution in [1.29, 1.82) is 0 Å². The van der Waals surface area contributed by atoms with Crippen LogP contribution >= 0.6 is 34.2 Å². The molecule has 2 heterocycles. The molecule has 2 aliphatic rings. The second-order valence-electron chi connectivity index (χ2n) is 7.91. The zero-order chi connectivity index (χ0) is 21.1. The fourth-order valence-corrected chi connectivity index (χ4v) is 4.78. The van der Waals surface area contributed by atoms with Crippen molar-refractivity contribution in [2.24, 2.45) is 11.0 Å². The van der Waals surface area contributed by atoms with Crippen molar-refractivity contribution in [3.63, 3.8) is 0 Å². The third-order valence-electron chi connectivity index (χ3n) is 5.79. The first kappa shape index (κ1) is 21.6. The molecule has 0 aliphatic carbocycles. The number of carbonyl (C=O) groups excluding carboxylic acids is 1. The predicted molar refractivity (Wildman–Crippen MR) is 131 cm³/mol. The molecule has 5 nitrogen and oxygen atoms in total. The molecule has 0 unspecified atom stereocenters. The Balaban J connectivity index is 1.65. The summed E-state index contributed by atoms with van der Waals surface area (Å²) in [5.41, 5.74) is 5.57. The lowest BCUT2D eigenvalue weighted by Gasteiger charge is -2.27. The van der Waals surface area contributed by atoms with Crippen molar-refractivity contribution in [3.8, 4) is 0 Å². The van der Waals surface area contributed by atoms with Gasteiger partial charge in [-0.25, -0.2) is 5.01 Å². The van der Waals surface area contributed by atoms with Crippen molar-refractivity contribution in [3.05, 3.63) is 62.7 Å². The number of nitrogens with zero attached hydrogens (tertiary/aromatic N) is 3. The molecular weight excluding hydrogens is 511 g/mol. The van der Waals surface area contributed by atoms with E-state index in [1.54, 1.807) is 0 Å². The lowest BCUT2D eigenvalue weighted by molar-refractivity contribution is -0.119. The molecule has 1 saturated heterocycles. The van der Waals surface area contributed by atoms with Gasteiger partial charge in [0.2, 0.25) is 0 Å². The van der Waals surface area contributed by atoms with Gasteiger partial charge < -0.3 is 0 Å². The highest BCUT2D eigenvalue weighted by molar-refractivity contribution is 14.1. The molecule has 158 valence electrons. The summed E-state index contributed by atoms with van der Waals surface area (Å²) in [7, 11) is 0. The molecule has 1 amide bonds. The third kappa shape index (κ3) is 4.65. The van der Waals surface area contributed by atoms with E-state index in [0.29, 0.717) is 10.7 Å². The summed E-state index contributed by atoms with van der Waals surface area (Å²) < 4.78 is 1.17. The van der Waals surface area contributed by atoms with Crippen LogP contribution in [0.1, 0.15) is 44.2 Å². The van der Waals surface area contributed by atoms with Gasteiger partial charge in [-0.2, -0.15) is 5.10 Å². The Morgan fingerprint density at radius 2 is 1.73 bits per heavy atom. The second-order valence-corrected chi connectivity index (χ2v) is 9.56. The second kappa shape index (κ2) is 9.66. The van der Waals surface area contributed by atoms with E-state index >= 15 is 0 Å². The van der Waals surface area contributed by atoms with Crippen LogP contribution in [0.15, 0.2) is 53.6 Å². The molecule has 1 fully saturated rings. The van der Waals surface area contributed by atoms with Gasteiger partial charge in [-0.15, -0.1) is 0 Å². The lowest BCUT2D eigenvalue weighted by Crippen LogP contribution is -2.46. The lowest BCUT2D eigenvalue weighted by atomic mass is 9.91. The minimum atomic E-state index is -0.116. The highest BCUT2D eigenvalue weighted by Gasteiger charge is 2.40. The van der Waals surface area contributed by atoms with E-state index in [4.69, 9.17) is 16.7 Å². The molecule has 0 bridgehead atoms. The molecule has 4 rings (SSSR count). The predicted octanol–water partition coefficient (Wildman–Crippen LogP) is 5.41. The van der Waals surface area contributed by atoms with E-state index in [1.165, 1.54) is 16.4 Å². The fraction of sp³-hybridized carbons (Fsp3) is 0.391. The third-order valence-corrected chi connectivity index (χ3v) is 6.83. The number of rotatable bonds is 4. The van der Waals surface area contributed by atoms with Gasteiger partial charge in [-0.3, -0.25) is 15.2 Å². The minimum Gasteiger partial charge on any atom is -0.284 e. The van der Waals surface area contributed by atoms with Crippen molar-refractivity contribution in [1.82, 2.24) is 10.4 Å². The first-order valence-corrected chi connectivity index (χ1v) is 11.9. The Bertz CT molecular complexity index is 925. The normalized spacial score (nSPS) is 22.5. The molecular formula is C23H26ClIN4O.